The Hall–Kier alpha value is -2.52. The van der Waals surface area contributed by atoms with Crippen molar-refractivity contribution in [3.63, 3.8) is 0 Å². The molecule has 0 saturated carbocycles. The van der Waals surface area contributed by atoms with E-state index in [9.17, 15) is 4.79 Å². The van der Waals surface area contributed by atoms with Gasteiger partial charge in [0.2, 0.25) is 0 Å². The predicted octanol–water partition coefficient (Wildman–Crippen LogP) is 5.41. The normalized spacial score (nSPS) is 11.2. The summed E-state index contributed by atoms with van der Waals surface area (Å²) in [6.07, 6.45) is 0. The lowest BCUT2D eigenvalue weighted by Crippen LogP contribution is -2.01. The first kappa shape index (κ1) is 14.1. The molecule has 0 spiro atoms. The third-order valence-corrected chi connectivity index (χ3v) is 4.87. The Morgan fingerprint density at radius 3 is 2.48 bits per heavy atom. The number of fused-ring (bicyclic) bond motifs is 3. The van der Waals surface area contributed by atoms with Gasteiger partial charge < -0.3 is 4.42 Å². The standard InChI is InChI=1S/C20H14O2S/c1-13-6-9-15(10-7-13)23-19-12-17-16-5-3-2-4-14(16)8-11-18(17)22-20(19)21/h2-12H,1H3. The van der Waals surface area contributed by atoms with E-state index >= 15 is 0 Å². The molecule has 23 heavy (non-hydrogen) atoms. The zero-order valence-electron chi connectivity index (χ0n) is 12.6. The van der Waals surface area contributed by atoms with Gasteiger partial charge in [0.15, 0.2) is 0 Å². The van der Waals surface area contributed by atoms with Gasteiger partial charge in [-0.15, -0.1) is 0 Å². The van der Waals surface area contributed by atoms with Gasteiger partial charge in [-0.05, 0) is 42.0 Å². The van der Waals surface area contributed by atoms with Crippen LogP contribution < -0.4 is 5.63 Å². The van der Waals surface area contributed by atoms with E-state index in [0.717, 1.165) is 21.1 Å². The molecule has 0 fully saturated rings. The zero-order valence-corrected chi connectivity index (χ0v) is 13.4. The van der Waals surface area contributed by atoms with Crippen LogP contribution in [0.2, 0.25) is 0 Å². The van der Waals surface area contributed by atoms with E-state index < -0.39 is 0 Å². The Bertz CT molecular complexity index is 1060. The quantitative estimate of drug-likeness (QED) is 0.366. The number of hydrogen-bond donors (Lipinski definition) is 0. The van der Waals surface area contributed by atoms with Gasteiger partial charge in [0.25, 0.3) is 0 Å². The molecule has 0 aliphatic carbocycles. The van der Waals surface area contributed by atoms with Crippen LogP contribution in [0.4, 0.5) is 0 Å². The highest BCUT2D eigenvalue weighted by atomic mass is 32.2. The van der Waals surface area contributed by atoms with Crippen molar-refractivity contribution in [3.05, 3.63) is 82.7 Å². The van der Waals surface area contributed by atoms with Gasteiger partial charge in [0.1, 0.15) is 5.58 Å². The highest BCUT2D eigenvalue weighted by Crippen LogP contribution is 2.30. The molecule has 0 unspecified atom stereocenters. The SMILES string of the molecule is Cc1ccc(Sc2cc3c(ccc4ccccc43)oc2=O)cc1. The highest BCUT2D eigenvalue weighted by molar-refractivity contribution is 7.99. The van der Waals surface area contributed by atoms with Gasteiger partial charge >= 0.3 is 5.63 Å². The van der Waals surface area contributed by atoms with E-state index in [1.54, 1.807) is 0 Å². The molecule has 0 N–H and O–H groups in total. The van der Waals surface area contributed by atoms with Crippen LogP contribution >= 0.6 is 11.8 Å². The highest BCUT2D eigenvalue weighted by Gasteiger charge is 2.09. The number of benzene rings is 3. The molecule has 0 atom stereocenters. The van der Waals surface area contributed by atoms with Crippen molar-refractivity contribution in [3.8, 4) is 0 Å². The first-order chi connectivity index (χ1) is 11.2. The Kier molecular flexibility index (Phi) is 3.43. The van der Waals surface area contributed by atoms with E-state index in [1.807, 2.05) is 61.5 Å². The van der Waals surface area contributed by atoms with Crippen molar-refractivity contribution >= 4 is 33.5 Å². The third kappa shape index (κ3) is 2.64. The van der Waals surface area contributed by atoms with Crippen molar-refractivity contribution < 1.29 is 4.42 Å². The zero-order chi connectivity index (χ0) is 15.8. The lowest BCUT2D eigenvalue weighted by molar-refractivity contribution is 0.544. The van der Waals surface area contributed by atoms with E-state index in [1.165, 1.54) is 17.3 Å². The lowest BCUT2D eigenvalue weighted by Gasteiger charge is -2.05. The molecule has 0 radical (unpaired) electrons. The van der Waals surface area contributed by atoms with E-state index in [2.05, 4.69) is 12.1 Å². The summed E-state index contributed by atoms with van der Waals surface area (Å²) >= 11 is 1.44. The fourth-order valence-electron chi connectivity index (χ4n) is 2.66. The van der Waals surface area contributed by atoms with Crippen LogP contribution in [0.3, 0.4) is 0 Å². The van der Waals surface area contributed by atoms with Gasteiger partial charge in [-0.25, -0.2) is 4.79 Å². The summed E-state index contributed by atoms with van der Waals surface area (Å²) in [5.74, 6) is 0. The summed E-state index contributed by atoms with van der Waals surface area (Å²) in [6, 6.07) is 22.0. The minimum absolute atomic E-state index is 0.293. The fourth-order valence-corrected chi connectivity index (χ4v) is 3.49. The number of rotatable bonds is 2. The number of aryl methyl sites for hydroxylation is 1. The van der Waals surface area contributed by atoms with Gasteiger partial charge in [0, 0.05) is 10.3 Å². The van der Waals surface area contributed by atoms with E-state index in [0.29, 0.717) is 10.5 Å². The summed E-state index contributed by atoms with van der Waals surface area (Å²) in [5, 5.41) is 3.21. The van der Waals surface area contributed by atoms with E-state index in [-0.39, 0.29) is 5.63 Å². The molecule has 1 heterocycles. The molecule has 0 saturated heterocycles. The Labute approximate surface area is 137 Å². The van der Waals surface area contributed by atoms with Gasteiger partial charge in [-0.1, -0.05) is 59.8 Å². The Morgan fingerprint density at radius 2 is 1.65 bits per heavy atom. The van der Waals surface area contributed by atoms with Crippen molar-refractivity contribution in [2.75, 3.05) is 0 Å². The summed E-state index contributed by atoms with van der Waals surface area (Å²) in [6.45, 7) is 2.05. The van der Waals surface area contributed by atoms with Crippen LogP contribution in [0.25, 0.3) is 21.7 Å². The minimum atomic E-state index is -0.293. The summed E-state index contributed by atoms with van der Waals surface area (Å²) < 4.78 is 5.52. The summed E-state index contributed by atoms with van der Waals surface area (Å²) in [5.41, 5.74) is 1.53. The molecule has 0 bridgehead atoms. The lowest BCUT2D eigenvalue weighted by atomic mass is 10.1. The minimum Gasteiger partial charge on any atom is -0.422 e. The molecule has 3 aromatic carbocycles. The van der Waals surface area contributed by atoms with Crippen molar-refractivity contribution in [1.29, 1.82) is 0 Å². The van der Waals surface area contributed by atoms with Gasteiger partial charge in [-0.2, -0.15) is 0 Å². The molecule has 4 aromatic rings. The van der Waals surface area contributed by atoms with Crippen molar-refractivity contribution in [2.45, 2.75) is 16.7 Å². The number of hydrogen-bond acceptors (Lipinski definition) is 3. The first-order valence-corrected chi connectivity index (χ1v) is 8.22. The first-order valence-electron chi connectivity index (χ1n) is 7.41. The molecule has 2 nitrogen and oxygen atoms in total. The average molecular weight is 318 g/mol. The molecule has 1 aromatic heterocycles. The molecule has 0 amide bonds. The molecule has 3 heteroatoms. The van der Waals surface area contributed by atoms with Crippen LogP contribution in [0.5, 0.6) is 0 Å². The molecule has 4 rings (SSSR count). The monoisotopic (exact) mass is 318 g/mol. The maximum absolute atomic E-state index is 12.3. The average Bonchev–Trinajstić information content (AvgIpc) is 2.57. The maximum atomic E-state index is 12.3. The summed E-state index contributed by atoms with van der Waals surface area (Å²) in [7, 11) is 0. The third-order valence-electron chi connectivity index (χ3n) is 3.86. The molecular formula is C20H14O2S. The van der Waals surface area contributed by atoms with Gasteiger partial charge in [-0.3, -0.25) is 0 Å². The Balaban J connectivity index is 1.89. The van der Waals surface area contributed by atoms with Crippen LogP contribution in [-0.4, -0.2) is 0 Å². The smallest absolute Gasteiger partial charge is 0.350 e. The van der Waals surface area contributed by atoms with Crippen LogP contribution in [0.1, 0.15) is 5.56 Å². The molecular weight excluding hydrogens is 304 g/mol. The second kappa shape index (κ2) is 5.60. The molecule has 112 valence electrons. The largest absolute Gasteiger partial charge is 0.422 e. The van der Waals surface area contributed by atoms with Crippen LogP contribution in [0, 0.1) is 6.92 Å². The van der Waals surface area contributed by atoms with Crippen LogP contribution in [-0.2, 0) is 0 Å². The molecule has 0 aliphatic rings. The topological polar surface area (TPSA) is 30.2 Å². The Morgan fingerprint density at radius 1 is 0.870 bits per heavy atom. The van der Waals surface area contributed by atoms with E-state index in [4.69, 9.17) is 4.42 Å². The fraction of sp³-hybridized carbons (Fsp3) is 0.0500. The summed E-state index contributed by atoms with van der Waals surface area (Å²) in [4.78, 5) is 13.9. The second-order valence-corrected chi connectivity index (χ2v) is 6.63. The van der Waals surface area contributed by atoms with Crippen molar-refractivity contribution in [2.24, 2.45) is 0 Å². The van der Waals surface area contributed by atoms with Crippen molar-refractivity contribution in [1.82, 2.24) is 0 Å². The molecule has 0 aliphatic heterocycles. The van der Waals surface area contributed by atoms with Gasteiger partial charge in [0.05, 0.1) is 4.90 Å². The predicted molar refractivity (Wildman–Crippen MR) is 95.3 cm³/mol. The van der Waals surface area contributed by atoms with Crippen LogP contribution in [0.15, 0.2) is 85.7 Å². The maximum Gasteiger partial charge on any atom is 0.350 e. The second-order valence-electron chi connectivity index (χ2n) is 5.51.